The number of rotatable bonds is 3. The Morgan fingerprint density at radius 1 is 1.41 bits per heavy atom. The first-order valence-corrected chi connectivity index (χ1v) is 5.84. The number of fused-ring (bicyclic) bond motifs is 1. The average molecular weight is 235 g/mol. The van der Waals surface area contributed by atoms with Gasteiger partial charge in [0.25, 0.3) is 0 Å². The number of halogens is 1. The monoisotopic (exact) mass is 235 g/mol. The number of hydrogen-bond donors (Lipinski definition) is 1. The predicted octanol–water partition coefficient (Wildman–Crippen LogP) is 2.65. The van der Waals surface area contributed by atoms with Gasteiger partial charge in [-0.3, -0.25) is 0 Å². The van der Waals surface area contributed by atoms with Gasteiger partial charge in [-0.1, -0.05) is 0 Å². The predicted molar refractivity (Wildman–Crippen MR) is 67.5 cm³/mol. The molecule has 0 radical (unpaired) electrons. The SMILES string of the molecule is CCn1c(C(C)(C)NC)nc2cc(F)ccc21. The van der Waals surface area contributed by atoms with E-state index >= 15 is 0 Å². The van der Waals surface area contributed by atoms with Crippen molar-refractivity contribution in [2.45, 2.75) is 32.9 Å². The van der Waals surface area contributed by atoms with E-state index in [4.69, 9.17) is 0 Å². The lowest BCUT2D eigenvalue weighted by molar-refractivity contribution is 0.400. The lowest BCUT2D eigenvalue weighted by Gasteiger charge is -2.24. The fraction of sp³-hybridized carbons (Fsp3) is 0.462. The highest BCUT2D eigenvalue weighted by atomic mass is 19.1. The summed E-state index contributed by atoms with van der Waals surface area (Å²) in [4.78, 5) is 4.55. The summed E-state index contributed by atoms with van der Waals surface area (Å²) in [6, 6.07) is 4.75. The lowest BCUT2D eigenvalue weighted by Crippen LogP contribution is -2.36. The maximum absolute atomic E-state index is 13.2. The summed E-state index contributed by atoms with van der Waals surface area (Å²) < 4.78 is 15.3. The Morgan fingerprint density at radius 2 is 2.12 bits per heavy atom. The van der Waals surface area contributed by atoms with E-state index < -0.39 is 0 Å². The van der Waals surface area contributed by atoms with Gasteiger partial charge >= 0.3 is 0 Å². The summed E-state index contributed by atoms with van der Waals surface area (Å²) in [6.07, 6.45) is 0. The molecular weight excluding hydrogens is 217 g/mol. The largest absolute Gasteiger partial charge is 0.327 e. The van der Waals surface area contributed by atoms with Crippen molar-refractivity contribution in [1.82, 2.24) is 14.9 Å². The minimum atomic E-state index is -0.243. The molecule has 0 aliphatic carbocycles. The van der Waals surface area contributed by atoms with Gasteiger partial charge in [-0.15, -0.1) is 0 Å². The van der Waals surface area contributed by atoms with Crippen molar-refractivity contribution in [2.75, 3.05) is 7.05 Å². The zero-order valence-corrected chi connectivity index (χ0v) is 10.7. The highest BCUT2D eigenvalue weighted by Gasteiger charge is 2.25. The molecule has 0 saturated heterocycles. The van der Waals surface area contributed by atoms with Gasteiger partial charge < -0.3 is 9.88 Å². The van der Waals surface area contributed by atoms with Gasteiger partial charge in [0.15, 0.2) is 0 Å². The van der Waals surface area contributed by atoms with Crippen molar-refractivity contribution in [1.29, 1.82) is 0 Å². The number of aromatic nitrogens is 2. The summed E-state index contributed by atoms with van der Waals surface area (Å²) >= 11 is 0. The topological polar surface area (TPSA) is 29.9 Å². The van der Waals surface area contributed by atoms with Crippen molar-refractivity contribution < 1.29 is 4.39 Å². The molecule has 0 spiro atoms. The molecule has 0 fully saturated rings. The van der Waals surface area contributed by atoms with Crippen LogP contribution in [0.25, 0.3) is 11.0 Å². The van der Waals surface area contributed by atoms with E-state index in [1.54, 1.807) is 6.07 Å². The zero-order valence-electron chi connectivity index (χ0n) is 10.7. The van der Waals surface area contributed by atoms with Crippen molar-refractivity contribution in [2.24, 2.45) is 0 Å². The molecule has 2 rings (SSSR count). The minimum absolute atomic E-state index is 0.231. The van der Waals surface area contributed by atoms with Crippen molar-refractivity contribution in [3.05, 3.63) is 29.8 Å². The molecule has 0 bridgehead atoms. The second kappa shape index (κ2) is 4.11. The molecule has 0 saturated carbocycles. The van der Waals surface area contributed by atoms with Gasteiger partial charge in [-0.2, -0.15) is 0 Å². The Bertz CT molecular complexity index is 543. The molecule has 4 heteroatoms. The first-order valence-electron chi connectivity index (χ1n) is 5.84. The highest BCUT2D eigenvalue weighted by molar-refractivity contribution is 5.76. The van der Waals surface area contributed by atoms with E-state index in [1.807, 2.05) is 7.05 Å². The Kier molecular flexibility index (Phi) is 2.91. The molecule has 1 aromatic carbocycles. The second-order valence-corrected chi connectivity index (χ2v) is 4.69. The van der Waals surface area contributed by atoms with Crippen LogP contribution in [0.15, 0.2) is 18.2 Å². The molecule has 0 aliphatic heterocycles. The van der Waals surface area contributed by atoms with Gasteiger partial charge in [0.2, 0.25) is 0 Å². The molecule has 0 unspecified atom stereocenters. The molecule has 1 heterocycles. The summed E-state index contributed by atoms with van der Waals surface area (Å²) in [6.45, 7) is 7.02. The number of nitrogens with zero attached hydrogens (tertiary/aromatic N) is 2. The third kappa shape index (κ3) is 1.93. The van der Waals surface area contributed by atoms with Crippen LogP contribution in [-0.2, 0) is 12.1 Å². The summed E-state index contributed by atoms with van der Waals surface area (Å²) in [5.41, 5.74) is 1.46. The summed E-state index contributed by atoms with van der Waals surface area (Å²) in [5.74, 6) is 0.690. The van der Waals surface area contributed by atoms with E-state index in [-0.39, 0.29) is 11.4 Å². The summed E-state index contributed by atoms with van der Waals surface area (Å²) in [5, 5.41) is 3.23. The van der Waals surface area contributed by atoms with Crippen molar-refractivity contribution in [3.63, 3.8) is 0 Å². The van der Waals surface area contributed by atoms with E-state index in [2.05, 4.69) is 35.6 Å². The molecule has 3 nitrogen and oxygen atoms in total. The molecule has 92 valence electrons. The average Bonchev–Trinajstić information content (AvgIpc) is 2.67. The van der Waals surface area contributed by atoms with Crippen LogP contribution in [0, 0.1) is 5.82 Å². The van der Waals surface area contributed by atoms with Crippen LogP contribution in [0.2, 0.25) is 0 Å². The number of nitrogens with one attached hydrogen (secondary N) is 1. The molecular formula is C13H18FN3. The molecule has 17 heavy (non-hydrogen) atoms. The Balaban J connectivity index is 2.72. The molecule has 2 aromatic rings. The molecule has 0 amide bonds. The standard InChI is InChI=1S/C13H18FN3/c1-5-17-11-7-6-9(14)8-10(11)16-12(17)13(2,3)15-4/h6-8,15H,5H2,1-4H3. The van der Waals surface area contributed by atoms with Gasteiger partial charge in [0, 0.05) is 12.6 Å². The van der Waals surface area contributed by atoms with Crippen LogP contribution >= 0.6 is 0 Å². The Hall–Kier alpha value is -1.42. The van der Waals surface area contributed by atoms with Gasteiger partial charge in [0.1, 0.15) is 11.6 Å². The first kappa shape index (κ1) is 12.0. The minimum Gasteiger partial charge on any atom is -0.327 e. The van der Waals surface area contributed by atoms with Crippen LogP contribution in [-0.4, -0.2) is 16.6 Å². The maximum atomic E-state index is 13.2. The van der Waals surface area contributed by atoms with E-state index in [9.17, 15) is 4.39 Å². The van der Waals surface area contributed by atoms with Gasteiger partial charge in [-0.25, -0.2) is 9.37 Å². The third-order valence-electron chi connectivity index (χ3n) is 3.21. The molecule has 1 N–H and O–H groups in total. The van der Waals surface area contributed by atoms with Crippen molar-refractivity contribution in [3.8, 4) is 0 Å². The highest BCUT2D eigenvalue weighted by Crippen LogP contribution is 2.25. The van der Waals surface area contributed by atoms with Crippen LogP contribution in [0.3, 0.4) is 0 Å². The Labute approximate surface area is 101 Å². The zero-order chi connectivity index (χ0) is 12.6. The third-order valence-corrected chi connectivity index (χ3v) is 3.21. The molecule has 0 atom stereocenters. The molecule has 0 aliphatic rings. The van der Waals surface area contributed by atoms with Crippen LogP contribution < -0.4 is 5.32 Å². The summed E-state index contributed by atoms with van der Waals surface area (Å²) in [7, 11) is 1.90. The number of aryl methyl sites for hydroxylation is 1. The molecule has 1 aromatic heterocycles. The van der Waals surface area contributed by atoms with E-state index in [1.165, 1.54) is 12.1 Å². The van der Waals surface area contributed by atoms with Gasteiger partial charge in [-0.05, 0) is 40.0 Å². The van der Waals surface area contributed by atoms with Crippen LogP contribution in [0.5, 0.6) is 0 Å². The lowest BCUT2D eigenvalue weighted by atomic mass is 10.1. The number of imidazole rings is 1. The fourth-order valence-corrected chi connectivity index (χ4v) is 2.01. The quantitative estimate of drug-likeness (QED) is 0.886. The fourth-order valence-electron chi connectivity index (χ4n) is 2.01. The first-order chi connectivity index (χ1) is 7.99. The van der Waals surface area contributed by atoms with Gasteiger partial charge in [0.05, 0.1) is 16.6 Å². The Morgan fingerprint density at radius 3 is 2.71 bits per heavy atom. The van der Waals surface area contributed by atoms with E-state index in [0.29, 0.717) is 5.52 Å². The smallest absolute Gasteiger partial charge is 0.129 e. The van der Waals surface area contributed by atoms with Crippen molar-refractivity contribution >= 4 is 11.0 Å². The van der Waals surface area contributed by atoms with E-state index in [0.717, 1.165) is 17.9 Å². The van der Waals surface area contributed by atoms with Crippen LogP contribution in [0.1, 0.15) is 26.6 Å². The maximum Gasteiger partial charge on any atom is 0.129 e. The number of hydrogen-bond acceptors (Lipinski definition) is 2. The van der Waals surface area contributed by atoms with Crippen LogP contribution in [0.4, 0.5) is 4.39 Å². The second-order valence-electron chi connectivity index (χ2n) is 4.69. The number of benzene rings is 1. The normalized spacial score (nSPS) is 12.3.